The van der Waals surface area contributed by atoms with Gasteiger partial charge in [0.2, 0.25) is 0 Å². The molecule has 22 heavy (non-hydrogen) atoms. The number of fused-ring (bicyclic) bond motifs is 4. The van der Waals surface area contributed by atoms with Crippen LogP contribution in [0.5, 0.6) is 0 Å². The Bertz CT molecular complexity index is 1100. The fourth-order valence-corrected chi connectivity index (χ4v) is 19.9. The second-order valence-electron chi connectivity index (χ2n) is 5.27. The molecule has 100 valence electrons. The molecule has 0 aliphatic carbocycles. The van der Waals surface area contributed by atoms with Gasteiger partial charge in [0.15, 0.2) is 14.3 Å². The Balaban J connectivity index is 1.87. The van der Waals surface area contributed by atoms with E-state index in [0.29, 0.717) is 0 Å². The number of rotatable bonds is 0. The molecule has 0 amide bonds. The first-order chi connectivity index (χ1) is 10.9. The van der Waals surface area contributed by atoms with Crippen molar-refractivity contribution in [2.75, 3.05) is 0 Å². The minimum Gasteiger partial charge on any atom is -0.190 e. The first-order valence-electron chi connectivity index (χ1n) is 6.93. The van der Waals surface area contributed by atoms with E-state index < -0.39 is 14.3 Å². The largest absolute Gasteiger partial charge is 0.196 e. The third-order valence-corrected chi connectivity index (χ3v) is 21.4. The van der Waals surface area contributed by atoms with Gasteiger partial charge >= 0.3 is 0 Å². The summed E-state index contributed by atoms with van der Waals surface area (Å²) in [5.41, 5.74) is 0. The van der Waals surface area contributed by atoms with Crippen LogP contribution < -0.4 is 10.4 Å². The van der Waals surface area contributed by atoms with Gasteiger partial charge in [-0.2, -0.15) is 9.51 Å². The molecule has 2 radical (unpaired) electrons. The standard InChI is InChI=1S/C14H8N4Si4/c1-2-4-10-6-12-8-14-13(7-11(12)5-9(10)3-1)19-21-17-15-16-18-22(21)20-14/h1-8H. The molecule has 1 aromatic heterocycles. The van der Waals surface area contributed by atoms with Crippen molar-refractivity contribution in [1.82, 2.24) is 19.9 Å². The molecule has 4 nitrogen and oxygen atoms in total. The van der Waals surface area contributed by atoms with E-state index >= 15 is 0 Å². The molecular formula is C14H8N4Si4. The van der Waals surface area contributed by atoms with Gasteiger partial charge in [0.25, 0.3) is 0 Å². The number of nitrogens with zero attached hydrogens (tertiary/aromatic N) is 4. The molecule has 2 heterocycles. The molecule has 3 aromatic carbocycles. The molecule has 4 aromatic rings. The maximum Gasteiger partial charge on any atom is 0.196 e. The number of hydrogen-bond acceptors (Lipinski definition) is 4. The lowest BCUT2D eigenvalue weighted by Gasteiger charge is -2.08. The maximum atomic E-state index is 4.41. The fraction of sp³-hybridized carbons (Fsp3) is 0. The summed E-state index contributed by atoms with van der Waals surface area (Å²) < 4.78 is 8.82. The third-order valence-electron chi connectivity index (χ3n) is 3.90. The predicted molar refractivity (Wildman–Crippen MR) is 92.5 cm³/mol. The number of aromatic nitrogens is 4. The quantitative estimate of drug-likeness (QED) is 0.281. The van der Waals surface area contributed by atoms with E-state index in [1.54, 1.807) is 0 Å². The van der Waals surface area contributed by atoms with Crippen LogP contribution in [0.15, 0.2) is 48.5 Å². The van der Waals surface area contributed by atoms with Gasteiger partial charge in [0, 0.05) is 0 Å². The summed E-state index contributed by atoms with van der Waals surface area (Å²) >= 11 is 0. The molecule has 1 aliphatic rings. The number of benzene rings is 3. The summed E-state index contributed by atoms with van der Waals surface area (Å²) in [7, 11) is 0.0215. The average molecular weight is 345 g/mol. The molecule has 0 bridgehead atoms. The smallest absolute Gasteiger partial charge is 0.190 e. The van der Waals surface area contributed by atoms with E-state index in [9.17, 15) is 0 Å². The summed E-state index contributed by atoms with van der Waals surface area (Å²) in [6, 6.07) is 17.9. The van der Waals surface area contributed by atoms with Gasteiger partial charge in [-0.15, -0.1) is 0 Å². The van der Waals surface area contributed by atoms with Crippen molar-refractivity contribution in [3.05, 3.63) is 48.5 Å². The van der Waals surface area contributed by atoms with Crippen molar-refractivity contribution in [1.29, 1.82) is 0 Å². The van der Waals surface area contributed by atoms with Crippen LogP contribution >= 0.6 is 0 Å². The first-order valence-corrected chi connectivity index (χ1v) is 14.8. The van der Waals surface area contributed by atoms with Crippen LogP contribution in [0, 0.1) is 0 Å². The molecular weight excluding hydrogens is 337 g/mol. The van der Waals surface area contributed by atoms with E-state index in [4.69, 9.17) is 0 Å². The second-order valence-corrected chi connectivity index (χ2v) is 18.8. The monoisotopic (exact) mass is 344 g/mol. The highest BCUT2D eigenvalue weighted by molar-refractivity contribution is 7.21. The highest BCUT2D eigenvalue weighted by atomic mass is 29.4. The van der Waals surface area contributed by atoms with Gasteiger partial charge in [0.1, 0.15) is 0 Å². The zero-order valence-corrected chi connectivity index (χ0v) is 15.4. The molecule has 0 saturated carbocycles. The van der Waals surface area contributed by atoms with Crippen molar-refractivity contribution in [2.45, 2.75) is 0 Å². The van der Waals surface area contributed by atoms with Crippen LogP contribution in [0.4, 0.5) is 0 Å². The predicted octanol–water partition coefficient (Wildman–Crippen LogP) is -0.477. The van der Waals surface area contributed by atoms with Crippen LogP contribution in [0.25, 0.3) is 21.5 Å². The summed E-state index contributed by atoms with van der Waals surface area (Å²) in [6.07, 6.45) is 0. The zero-order valence-electron chi connectivity index (χ0n) is 11.4. The van der Waals surface area contributed by atoms with Crippen LogP contribution in [-0.2, 0) is 0 Å². The third kappa shape index (κ3) is 1.99. The highest BCUT2D eigenvalue weighted by Gasteiger charge is 2.09. The molecule has 0 spiro atoms. The Labute approximate surface area is 132 Å². The van der Waals surface area contributed by atoms with Crippen LogP contribution in [0.2, 0.25) is 0 Å². The van der Waals surface area contributed by atoms with E-state index in [-0.39, 0.29) is 0 Å². The molecule has 8 heteroatoms. The van der Waals surface area contributed by atoms with E-state index in [0.717, 1.165) is 17.2 Å². The van der Waals surface area contributed by atoms with Gasteiger partial charge < -0.3 is 0 Å². The molecule has 5 rings (SSSR count). The topological polar surface area (TPSA) is 51.6 Å². The molecule has 0 unspecified atom stereocenters. The van der Waals surface area contributed by atoms with Gasteiger partial charge in [-0.05, 0) is 54.5 Å². The minimum absolute atomic E-state index is 0.772. The van der Waals surface area contributed by atoms with E-state index in [2.05, 4.69) is 68.5 Å². The van der Waals surface area contributed by atoms with E-state index in [1.165, 1.54) is 31.9 Å². The molecule has 0 N–H and O–H groups in total. The van der Waals surface area contributed by atoms with Gasteiger partial charge in [-0.1, -0.05) is 36.4 Å². The highest BCUT2D eigenvalue weighted by Crippen LogP contribution is 2.21. The zero-order chi connectivity index (χ0) is 14.5. The minimum atomic E-state index is -0.772. The van der Waals surface area contributed by atoms with Gasteiger partial charge in [-0.3, -0.25) is 0 Å². The first kappa shape index (κ1) is 12.8. The Hall–Kier alpha value is -1.75. The van der Waals surface area contributed by atoms with Crippen molar-refractivity contribution in [3.63, 3.8) is 0 Å². The Morgan fingerprint density at radius 2 is 1.14 bits per heavy atom. The van der Waals surface area contributed by atoms with E-state index in [1.807, 2.05) is 0 Å². The summed E-state index contributed by atoms with van der Waals surface area (Å²) in [5.74, 6) is 0. The molecule has 0 atom stereocenters. The lowest BCUT2D eigenvalue weighted by atomic mass is 10.0. The maximum absolute atomic E-state index is 4.41. The Morgan fingerprint density at radius 3 is 1.64 bits per heavy atom. The Kier molecular flexibility index (Phi) is 2.83. The fourth-order valence-electron chi connectivity index (χ4n) is 2.85. The molecule has 0 fully saturated rings. The van der Waals surface area contributed by atoms with Crippen molar-refractivity contribution in [2.24, 2.45) is 0 Å². The summed E-state index contributed by atoms with van der Waals surface area (Å²) in [6.45, 7) is 0. The van der Waals surface area contributed by atoms with Crippen LogP contribution in [0.1, 0.15) is 0 Å². The Morgan fingerprint density at radius 1 is 0.636 bits per heavy atom. The molecule has 0 saturated heterocycles. The van der Waals surface area contributed by atoms with Crippen molar-refractivity contribution >= 4 is 63.5 Å². The normalized spacial score (nSPS) is 12.4. The van der Waals surface area contributed by atoms with Crippen LogP contribution in [0.3, 0.4) is 0 Å². The molecule has 1 aliphatic heterocycles. The summed E-state index contributed by atoms with van der Waals surface area (Å²) in [5, 5.41) is 15.9. The number of hydrogen-bond donors (Lipinski definition) is 0. The van der Waals surface area contributed by atoms with Gasteiger partial charge in [-0.25, -0.2) is 0 Å². The lowest BCUT2D eigenvalue weighted by molar-refractivity contribution is 0.832. The SMILES string of the molecule is c1ccc2cc3cc4c(cc3cc2c1)[Si]=[si]1nnnn[si]1=[Si]4. The average Bonchev–Trinajstić information content (AvgIpc) is 2.56. The second kappa shape index (κ2) is 4.88. The lowest BCUT2D eigenvalue weighted by Crippen LogP contribution is -2.40. The van der Waals surface area contributed by atoms with Crippen LogP contribution in [-0.4, -0.2) is 51.5 Å². The summed E-state index contributed by atoms with van der Waals surface area (Å²) in [4.78, 5) is 0. The van der Waals surface area contributed by atoms with Gasteiger partial charge in [0.05, 0.1) is 17.2 Å². The van der Waals surface area contributed by atoms with Crippen molar-refractivity contribution in [3.8, 4) is 0 Å². The van der Waals surface area contributed by atoms with Crippen molar-refractivity contribution < 1.29 is 0 Å².